The summed E-state index contributed by atoms with van der Waals surface area (Å²) in [5.74, 6) is -0.754. The van der Waals surface area contributed by atoms with Gasteiger partial charge in [0.05, 0.1) is 25.3 Å². The lowest BCUT2D eigenvalue weighted by molar-refractivity contribution is -0.0747. The fourth-order valence-corrected chi connectivity index (χ4v) is 6.21. The fourth-order valence-electron chi connectivity index (χ4n) is 6.21. The van der Waals surface area contributed by atoms with Crippen molar-refractivity contribution in [1.82, 2.24) is 4.90 Å². The molecule has 1 aliphatic carbocycles. The Balaban J connectivity index is 1.17. The highest BCUT2D eigenvalue weighted by Crippen LogP contribution is 2.44. The van der Waals surface area contributed by atoms with E-state index in [2.05, 4.69) is 24.3 Å². The molecular weight excluding hydrogens is 457 g/mol. The number of morpholine rings is 1. The second-order valence-electron chi connectivity index (χ2n) is 10.1. The Morgan fingerprint density at radius 1 is 0.944 bits per heavy atom. The number of carbonyl (C=O) groups is 2. The zero-order valence-electron chi connectivity index (χ0n) is 20.2. The van der Waals surface area contributed by atoms with E-state index in [1.807, 2.05) is 24.3 Å². The van der Waals surface area contributed by atoms with Crippen molar-refractivity contribution < 1.29 is 23.5 Å². The van der Waals surface area contributed by atoms with Gasteiger partial charge in [-0.05, 0) is 65.8 Å². The van der Waals surface area contributed by atoms with E-state index >= 15 is 0 Å². The standard InChI is InChI=1S/C30H28FNO4/c1-18-10-19(12-21(31)11-18)29(33)20-13-22-15-35-16-23(14-20)32(22)30(34)36-17-28-26-8-4-2-6-24(26)25-7-3-5-9-27(25)28/h2-12,20,22-23,28H,13-17H2,1H3. The molecule has 6 rings (SSSR count). The number of benzene rings is 3. The van der Waals surface area contributed by atoms with Crippen molar-refractivity contribution in [3.63, 3.8) is 0 Å². The fraction of sp³-hybridized carbons (Fsp3) is 0.333. The van der Waals surface area contributed by atoms with Crippen LogP contribution < -0.4 is 0 Å². The van der Waals surface area contributed by atoms with Crippen molar-refractivity contribution in [2.24, 2.45) is 5.92 Å². The summed E-state index contributed by atoms with van der Waals surface area (Å²) in [4.78, 5) is 28.3. The average Bonchev–Trinajstić information content (AvgIpc) is 3.19. The van der Waals surface area contributed by atoms with Gasteiger partial charge in [0, 0.05) is 17.4 Å². The number of carbonyl (C=O) groups excluding carboxylic acids is 2. The molecule has 184 valence electrons. The third-order valence-electron chi connectivity index (χ3n) is 7.76. The van der Waals surface area contributed by atoms with Crippen LogP contribution in [0.4, 0.5) is 9.18 Å². The van der Waals surface area contributed by atoms with Crippen LogP contribution in [0.1, 0.15) is 45.8 Å². The SMILES string of the molecule is Cc1cc(F)cc(C(=O)C2CC3COCC(C2)N3C(=O)OCC2c3ccccc3-c3ccccc32)c1. The van der Waals surface area contributed by atoms with E-state index in [0.29, 0.717) is 31.6 Å². The minimum atomic E-state index is -0.405. The molecule has 6 heteroatoms. The summed E-state index contributed by atoms with van der Waals surface area (Å²) in [6, 6.07) is 20.5. The predicted molar refractivity (Wildman–Crippen MR) is 133 cm³/mol. The molecule has 2 fully saturated rings. The zero-order valence-corrected chi connectivity index (χ0v) is 20.2. The summed E-state index contributed by atoms with van der Waals surface area (Å²) < 4.78 is 25.6. The van der Waals surface area contributed by atoms with Gasteiger partial charge in [0.1, 0.15) is 12.4 Å². The molecule has 2 saturated heterocycles. The maximum Gasteiger partial charge on any atom is 0.410 e. The number of piperidine rings is 1. The number of aryl methyl sites for hydroxylation is 1. The molecule has 2 atom stereocenters. The number of Topliss-reactive ketones (excluding diaryl/α,β-unsaturated/α-hetero) is 1. The molecule has 1 amide bonds. The third-order valence-corrected chi connectivity index (χ3v) is 7.76. The highest BCUT2D eigenvalue weighted by atomic mass is 19.1. The monoisotopic (exact) mass is 485 g/mol. The maximum absolute atomic E-state index is 13.9. The van der Waals surface area contributed by atoms with Gasteiger partial charge in [0.15, 0.2) is 5.78 Å². The normalized spacial score (nSPS) is 22.6. The molecule has 3 aliphatic rings. The Kier molecular flexibility index (Phi) is 5.84. The second kappa shape index (κ2) is 9.17. The molecule has 2 unspecified atom stereocenters. The predicted octanol–water partition coefficient (Wildman–Crippen LogP) is 5.75. The quantitative estimate of drug-likeness (QED) is 0.442. The number of rotatable bonds is 4. The van der Waals surface area contributed by atoms with Crippen LogP contribution in [0.2, 0.25) is 0 Å². The Morgan fingerprint density at radius 2 is 1.56 bits per heavy atom. The van der Waals surface area contributed by atoms with Gasteiger partial charge in [-0.1, -0.05) is 48.5 Å². The summed E-state index contributed by atoms with van der Waals surface area (Å²) in [5, 5.41) is 0. The number of nitrogens with zero attached hydrogens (tertiary/aromatic N) is 1. The van der Waals surface area contributed by atoms with Gasteiger partial charge in [-0.25, -0.2) is 9.18 Å². The number of ketones is 1. The molecule has 3 aromatic carbocycles. The van der Waals surface area contributed by atoms with E-state index in [1.54, 1.807) is 17.9 Å². The smallest absolute Gasteiger partial charge is 0.410 e. The number of halogens is 1. The van der Waals surface area contributed by atoms with E-state index in [9.17, 15) is 14.0 Å². The van der Waals surface area contributed by atoms with Crippen LogP contribution in [0.3, 0.4) is 0 Å². The van der Waals surface area contributed by atoms with Gasteiger partial charge in [-0.15, -0.1) is 0 Å². The summed E-state index contributed by atoms with van der Waals surface area (Å²) in [6.45, 7) is 2.77. The summed E-state index contributed by atoms with van der Waals surface area (Å²) in [7, 11) is 0. The largest absolute Gasteiger partial charge is 0.448 e. The van der Waals surface area contributed by atoms with Crippen LogP contribution in [0, 0.1) is 18.7 Å². The molecule has 2 aliphatic heterocycles. The molecule has 36 heavy (non-hydrogen) atoms. The number of fused-ring (bicyclic) bond motifs is 5. The topological polar surface area (TPSA) is 55.8 Å². The van der Waals surface area contributed by atoms with Crippen molar-refractivity contribution in [3.8, 4) is 11.1 Å². The minimum absolute atomic E-state index is 0.00669. The molecule has 2 bridgehead atoms. The summed E-state index contributed by atoms with van der Waals surface area (Å²) in [5.41, 5.74) is 5.83. The molecule has 3 aromatic rings. The number of amides is 1. The van der Waals surface area contributed by atoms with Gasteiger partial charge in [0.25, 0.3) is 0 Å². The van der Waals surface area contributed by atoms with Gasteiger partial charge < -0.3 is 9.47 Å². The molecule has 0 N–H and O–H groups in total. The third kappa shape index (κ3) is 3.99. The van der Waals surface area contributed by atoms with Gasteiger partial charge in [0.2, 0.25) is 0 Å². The molecule has 0 radical (unpaired) electrons. The number of ether oxygens (including phenoxy) is 2. The van der Waals surface area contributed by atoms with Crippen LogP contribution >= 0.6 is 0 Å². The van der Waals surface area contributed by atoms with E-state index in [-0.39, 0.29) is 42.4 Å². The Hall–Kier alpha value is -3.51. The van der Waals surface area contributed by atoms with Crippen molar-refractivity contribution >= 4 is 11.9 Å². The van der Waals surface area contributed by atoms with Crippen molar-refractivity contribution in [2.45, 2.75) is 37.8 Å². The molecule has 0 spiro atoms. The van der Waals surface area contributed by atoms with Crippen LogP contribution in [0.25, 0.3) is 11.1 Å². The lowest BCUT2D eigenvalue weighted by atomic mass is 9.80. The Labute approximate surface area is 209 Å². The van der Waals surface area contributed by atoms with Crippen LogP contribution in [0.5, 0.6) is 0 Å². The first-order valence-electron chi connectivity index (χ1n) is 12.5. The number of hydrogen-bond acceptors (Lipinski definition) is 4. The summed E-state index contributed by atoms with van der Waals surface area (Å²) >= 11 is 0. The lowest BCUT2D eigenvalue weighted by Gasteiger charge is -2.47. The molecule has 5 nitrogen and oxygen atoms in total. The number of hydrogen-bond donors (Lipinski definition) is 0. The Morgan fingerprint density at radius 3 is 2.17 bits per heavy atom. The zero-order chi connectivity index (χ0) is 24.8. The van der Waals surface area contributed by atoms with E-state index < -0.39 is 5.82 Å². The van der Waals surface area contributed by atoms with Gasteiger partial charge >= 0.3 is 6.09 Å². The van der Waals surface area contributed by atoms with Gasteiger partial charge in [-0.3, -0.25) is 9.69 Å². The van der Waals surface area contributed by atoms with Gasteiger partial charge in [-0.2, -0.15) is 0 Å². The first kappa shape index (κ1) is 22.9. The van der Waals surface area contributed by atoms with Crippen LogP contribution in [-0.2, 0) is 9.47 Å². The first-order valence-corrected chi connectivity index (χ1v) is 12.5. The van der Waals surface area contributed by atoms with Crippen molar-refractivity contribution in [3.05, 3.63) is 94.8 Å². The highest BCUT2D eigenvalue weighted by molar-refractivity contribution is 5.98. The molecular formula is C30H28FNO4. The highest BCUT2D eigenvalue weighted by Gasteiger charge is 2.45. The van der Waals surface area contributed by atoms with E-state index in [4.69, 9.17) is 9.47 Å². The lowest BCUT2D eigenvalue weighted by Crippen LogP contribution is -2.60. The molecule has 0 aromatic heterocycles. The minimum Gasteiger partial charge on any atom is -0.448 e. The first-order chi connectivity index (χ1) is 17.5. The molecule has 2 heterocycles. The van der Waals surface area contributed by atoms with Crippen molar-refractivity contribution in [1.29, 1.82) is 0 Å². The van der Waals surface area contributed by atoms with Crippen molar-refractivity contribution in [2.75, 3.05) is 19.8 Å². The Bertz CT molecular complexity index is 1260. The van der Waals surface area contributed by atoms with E-state index in [1.165, 1.54) is 34.4 Å². The maximum atomic E-state index is 13.9. The van der Waals surface area contributed by atoms with E-state index in [0.717, 1.165) is 5.56 Å². The second-order valence-corrected chi connectivity index (χ2v) is 10.1. The van der Waals surface area contributed by atoms with Crippen LogP contribution in [-0.4, -0.2) is 48.7 Å². The average molecular weight is 486 g/mol. The molecule has 0 saturated carbocycles. The van der Waals surface area contributed by atoms with Crippen LogP contribution in [0.15, 0.2) is 66.7 Å². The summed E-state index contributed by atoms with van der Waals surface area (Å²) in [6.07, 6.45) is 0.604.